The first-order valence-electron chi connectivity index (χ1n) is 8.25. The summed E-state index contributed by atoms with van der Waals surface area (Å²) >= 11 is 0. The molecule has 0 saturated carbocycles. The molecule has 21 heavy (non-hydrogen) atoms. The second-order valence-electron chi connectivity index (χ2n) is 5.81. The molecule has 0 radical (unpaired) electrons. The maximum atomic E-state index is 5.47. The summed E-state index contributed by atoms with van der Waals surface area (Å²) in [5, 5.41) is 3.41. The lowest BCUT2D eigenvalue weighted by Crippen LogP contribution is -2.37. The highest BCUT2D eigenvalue weighted by molar-refractivity contribution is 5.43. The molecule has 4 nitrogen and oxygen atoms in total. The molecule has 1 fully saturated rings. The van der Waals surface area contributed by atoms with Gasteiger partial charge in [0, 0.05) is 38.5 Å². The van der Waals surface area contributed by atoms with Gasteiger partial charge in [-0.15, -0.1) is 0 Å². The number of anilines is 1. The average molecular weight is 291 g/mol. The average Bonchev–Trinajstić information content (AvgIpc) is 2.53. The zero-order valence-electron chi connectivity index (χ0n) is 13.7. The lowest BCUT2D eigenvalue weighted by molar-refractivity contribution is 0.0853. The molecule has 1 aromatic rings. The number of nitrogens with zero attached hydrogens (tertiary/aromatic N) is 2. The quantitative estimate of drug-likeness (QED) is 0.838. The molecule has 1 saturated heterocycles. The van der Waals surface area contributed by atoms with Gasteiger partial charge in [-0.25, -0.2) is 4.98 Å². The van der Waals surface area contributed by atoms with Gasteiger partial charge in [0.2, 0.25) is 0 Å². The van der Waals surface area contributed by atoms with E-state index in [4.69, 9.17) is 9.72 Å². The van der Waals surface area contributed by atoms with Crippen LogP contribution in [0.5, 0.6) is 0 Å². The molecule has 118 valence electrons. The van der Waals surface area contributed by atoms with Crippen LogP contribution in [-0.4, -0.2) is 37.8 Å². The van der Waals surface area contributed by atoms with Crippen LogP contribution in [0.3, 0.4) is 0 Å². The van der Waals surface area contributed by atoms with E-state index in [2.05, 4.69) is 43.2 Å². The molecule has 0 unspecified atom stereocenters. The van der Waals surface area contributed by atoms with E-state index < -0.39 is 0 Å². The van der Waals surface area contributed by atoms with E-state index in [1.807, 2.05) is 0 Å². The Morgan fingerprint density at radius 3 is 2.71 bits per heavy atom. The van der Waals surface area contributed by atoms with Crippen LogP contribution in [0, 0.1) is 0 Å². The van der Waals surface area contributed by atoms with E-state index in [9.17, 15) is 0 Å². The Balaban J connectivity index is 2.16. The first-order valence-corrected chi connectivity index (χ1v) is 8.25. The van der Waals surface area contributed by atoms with Gasteiger partial charge in [-0.3, -0.25) is 0 Å². The lowest BCUT2D eigenvalue weighted by atomic mass is 10.1. The van der Waals surface area contributed by atoms with E-state index >= 15 is 0 Å². The predicted molar refractivity (Wildman–Crippen MR) is 87.9 cm³/mol. The summed E-state index contributed by atoms with van der Waals surface area (Å²) in [4.78, 5) is 7.21. The summed E-state index contributed by atoms with van der Waals surface area (Å²) in [6, 6.07) is 5.03. The van der Waals surface area contributed by atoms with Gasteiger partial charge in [-0.2, -0.15) is 0 Å². The first-order chi connectivity index (χ1) is 10.2. The van der Waals surface area contributed by atoms with Crippen LogP contribution in [0.2, 0.25) is 0 Å². The van der Waals surface area contributed by atoms with Gasteiger partial charge in [-0.05, 0) is 43.5 Å². The van der Waals surface area contributed by atoms with Gasteiger partial charge < -0.3 is 15.0 Å². The van der Waals surface area contributed by atoms with Crippen molar-refractivity contribution in [3.05, 3.63) is 23.4 Å². The number of nitrogens with one attached hydrogen (secondary N) is 1. The van der Waals surface area contributed by atoms with Crippen LogP contribution >= 0.6 is 0 Å². The molecule has 0 bridgehead atoms. The molecule has 1 aliphatic heterocycles. The number of ether oxygens (including phenoxy) is 1. The van der Waals surface area contributed by atoms with Crippen LogP contribution in [0.15, 0.2) is 12.1 Å². The maximum Gasteiger partial charge on any atom is 0.129 e. The van der Waals surface area contributed by atoms with Gasteiger partial charge >= 0.3 is 0 Å². The third kappa shape index (κ3) is 4.68. The molecule has 1 aromatic heterocycles. The Morgan fingerprint density at radius 1 is 1.29 bits per heavy atom. The van der Waals surface area contributed by atoms with E-state index in [0.29, 0.717) is 6.04 Å². The monoisotopic (exact) mass is 291 g/mol. The number of aromatic nitrogens is 1. The third-order valence-electron chi connectivity index (χ3n) is 4.11. The van der Waals surface area contributed by atoms with E-state index in [0.717, 1.165) is 57.8 Å². The number of rotatable bonds is 7. The Morgan fingerprint density at radius 2 is 2.05 bits per heavy atom. The van der Waals surface area contributed by atoms with Crippen molar-refractivity contribution in [3.63, 3.8) is 0 Å². The van der Waals surface area contributed by atoms with E-state index in [1.165, 1.54) is 11.3 Å². The molecule has 0 atom stereocenters. The van der Waals surface area contributed by atoms with Crippen LogP contribution in [0.1, 0.15) is 44.4 Å². The van der Waals surface area contributed by atoms with Crippen LogP contribution in [-0.2, 0) is 17.7 Å². The van der Waals surface area contributed by atoms with Gasteiger partial charge in [0.25, 0.3) is 0 Å². The van der Waals surface area contributed by atoms with Gasteiger partial charge in [0.05, 0.1) is 0 Å². The molecule has 0 aliphatic carbocycles. The second-order valence-corrected chi connectivity index (χ2v) is 5.81. The van der Waals surface area contributed by atoms with E-state index in [1.54, 1.807) is 0 Å². The van der Waals surface area contributed by atoms with Crippen molar-refractivity contribution in [1.82, 2.24) is 10.3 Å². The highest BCUT2D eigenvalue weighted by atomic mass is 16.5. The van der Waals surface area contributed by atoms with Gasteiger partial charge in [0.1, 0.15) is 5.82 Å². The highest BCUT2D eigenvalue weighted by Crippen LogP contribution is 2.21. The molecule has 0 aromatic carbocycles. The first kappa shape index (κ1) is 16.2. The van der Waals surface area contributed by atoms with Crippen LogP contribution in [0.4, 0.5) is 5.82 Å². The Kier molecular flexibility index (Phi) is 6.46. The summed E-state index contributed by atoms with van der Waals surface area (Å²) in [6.07, 6.45) is 4.38. The van der Waals surface area contributed by atoms with Crippen molar-refractivity contribution in [1.29, 1.82) is 0 Å². The van der Waals surface area contributed by atoms with Crippen molar-refractivity contribution in [2.75, 3.05) is 31.7 Å². The summed E-state index contributed by atoms with van der Waals surface area (Å²) in [6.45, 7) is 8.01. The summed E-state index contributed by atoms with van der Waals surface area (Å²) in [5.41, 5.74) is 2.55. The van der Waals surface area contributed by atoms with Crippen molar-refractivity contribution in [2.24, 2.45) is 0 Å². The fourth-order valence-electron chi connectivity index (χ4n) is 2.83. The number of hydrogen-bond acceptors (Lipinski definition) is 4. The molecular weight excluding hydrogens is 262 g/mol. The molecule has 0 spiro atoms. The number of aryl methyl sites for hydroxylation is 1. The van der Waals surface area contributed by atoms with E-state index in [-0.39, 0.29) is 0 Å². The van der Waals surface area contributed by atoms with Crippen molar-refractivity contribution >= 4 is 5.82 Å². The summed E-state index contributed by atoms with van der Waals surface area (Å²) < 4.78 is 5.47. The molecule has 4 heteroatoms. The zero-order chi connectivity index (χ0) is 15.1. The number of pyridine rings is 1. The Hall–Kier alpha value is -1.13. The summed E-state index contributed by atoms with van der Waals surface area (Å²) in [7, 11) is 2.17. The maximum absolute atomic E-state index is 5.47. The number of hydrogen-bond donors (Lipinski definition) is 1. The zero-order valence-corrected chi connectivity index (χ0v) is 13.7. The van der Waals surface area contributed by atoms with Crippen molar-refractivity contribution < 1.29 is 4.74 Å². The minimum Gasteiger partial charge on any atom is -0.381 e. The third-order valence-corrected chi connectivity index (χ3v) is 4.11. The molecule has 2 heterocycles. The standard InChI is InChI=1S/C17H29N3O/c1-4-6-15-11-14(13-18-5-2)12-17(19-15)20(3)16-7-9-21-10-8-16/h11-12,16,18H,4-10,13H2,1-3H3. The molecule has 0 amide bonds. The fraction of sp³-hybridized carbons (Fsp3) is 0.706. The second kappa shape index (κ2) is 8.35. The Labute approximate surface area is 128 Å². The largest absolute Gasteiger partial charge is 0.381 e. The Bertz CT molecular complexity index is 430. The van der Waals surface area contributed by atoms with Crippen LogP contribution < -0.4 is 10.2 Å². The molecular formula is C17H29N3O. The highest BCUT2D eigenvalue weighted by Gasteiger charge is 2.20. The minimum absolute atomic E-state index is 0.551. The van der Waals surface area contributed by atoms with Gasteiger partial charge in [0.15, 0.2) is 0 Å². The fourth-order valence-corrected chi connectivity index (χ4v) is 2.83. The van der Waals surface area contributed by atoms with Crippen molar-refractivity contribution in [2.45, 2.75) is 52.1 Å². The SMILES string of the molecule is CCCc1cc(CNCC)cc(N(C)C2CCOCC2)n1. The molecule has 1 N–H and O–H groups in total. The normalized spacial score (nSPS) is 16.1. The topological polar surface area (TPSA) is 37.4 Å². The lowest BCUT2D eigenvalue weighted by Gasteiger charge is -2.32. The van der Waals surface area contributed by atoms with Gasteiger partial charge in [-0.1, -0.05) is 20.3 Å². The minimum atomic E-state index is 0.551. The van der Waals surface area contributed by atoms with Crippen LogP contribution in [0.25, 0.3) is 0 Å². The molecule has 2 rings (SSSR count). The molecule has 1 aliphatic rings. The smallest absolute Gasteiger partial charge is 0.129 e. The predicted octanol–water partition coefficient (Wildman–Crippen LogP) is 2.76. The summed E-state index contributed by atoms with van der Waals surface area (Å²) in [5.74, 6) is 1.11. The van der Waals surface area contributed by atoms with Crippen molar-refractivity contribution in [3.8, 4) is 0 Å².